The molecule has 1 aromatic carbocycles. The molecule has 0 unspecified atom stereocenters. The second kappa shape index (κ2) is 4.26. The molecule has 3 heteroatoms. The topological polar surface area (TPSA) is 38.1 Å². The quantitative estimate of drug-likeness (QED) is 0.837. The van der Waals surface area contributed by atoms with Gasteiger partial charge in [-0.15, -0.1) is 0 Å². The molecule has 0 saturated carbocycles. The molecule has 0 bridgehead atoms. The molecule has 1 fully saturated rings. The molecule has 1 saturated heterocycles. The Morgan fingerprint density at radius 2 is 2.31 bits per heavy atom. The zero-order chi connectivity index (χ0) is 10.8. The minimum Gasteiger partial charge on any atom is -0.441 e. The summed E-state index contributed by atoms with van der Waals surface area (Å²) >= 11 is 0. The Hall–Kier alpha value is -1.35. The van der Waals surface area contributed by atoms with Crippen molar-refractivity contribution in [2.45, 2.75) is 19.3 Å². The molecule has 2 heterocycles. The molecule has 0 radical (unpaired) electrons. The number of oxazole rings is 1. The fourth-order valence-electron chi connectivity index (χ4n) is 2.35. The average molecular weight is 216 g/mol. The van der Waals surface area contributed by atoms with Gasteiger partial charge in [0, 0.05) is 6.42 Å². The molecule has 0 aliphatic carbocycles. The van der Waals surface area contributed by atoms with E-state index in [4.69, 9.17) is 4.42 Å². The number of rotatable bonds is 2. The molecule has 84 valence electrons. The van der Waals surface area contributed by atoms with Gasteiger partial charge in [-0.1, -0.05) is 12.1 Å². The summed E-state index contributed by atoms with van der Waals surface area (Å²) in [5.41, 5.74) is 1.88. The number of para-hydroxylation sites is 2. The zero-order valence-corrected chi connectivity index (χ0v) is 9.28. The van der Waals surface area contributed by atoms with Crippen LogP contribution in [0.5, 0.6) is 0 Å². The van der Waals surface area contributed by atoms with Gasteiger partial charge in [0.05, 0.1) is 0 Å². The van der Waals surface area contributed by atoms with Crippen molar-refractivity contribution in [1.82, 2.24) is 10.3 Å². The smallest absolute Gasteiger partial charge is 0.195 e. The molecule has 1 aromatic heterocycles. The Morgan fingerprint density at radius 1 is 1.38 bits per heavy atom. The van der Waals surface area contributed by atoms with Crippen molar-refractivity contribution in [2.24, 2.45) is 5.92 Å². The third-order valence-electron chi connectivity index (χ3n) is 3.20. The van der Waals surface area contributed by atoms with E-state index in [2.05, 4.69) is 10.3 Å². The van der Waals surface area contributed by atoms with Crippen molar-refractivity contribution in [2.75, 3.05) is 13.1 Å². The van der Waals surface area contributed by atoms with Gasteiger partial charge >= 0.3 is 0 Å². The van der Waals surface area contributed by atoms with E-state index in [0.29, 0.717) is 5.92 Å². The minimum absolute atomic E-state index is 0.682. The number of aromatic nitrogens is 1. The van der Waals surface area contributed by atoms with Gasteiger partial charge in [0.15, 0.2) is 11.5 Å². The summed E-state index contributed by atoms with van der Waals surface area (Å²) in [4.78, 5) is 4.51. The van der Waals surface area contributed by atoms with Crippen LogP contribution in [0.2, 0.25) is 0 Å². The Kier molecular flexibility index (Phi) is 2.62. The maximum Gasteiger partial charge on any atom is 0.195 e. The summed E-state index contributed by atoms with van der Waals surface area (Å²) < 4.78 is 5.73. The molecule has 1 aliphatic heterocycles. The highest BCUT2D eigenvalue weighted by molar-refractivity contribution is 5.72. The van der Waals surface area contributed by atoms with Crippen molar-refractivity contribution in [1.29, 1.82) is 0 Å². The third-order valence-corrected chi connectivity index (χ3v) is 3.20. The van der Waals surface area contributed by atoms with Crippen LogP contribution in [0.3, 0.4) is 0 Å². The molecule has 3 rings (SSSR count). The van der Waals surface area contributed by atoms with Gasteiger partial charge in [-0.2, -0.15) is 0 Å². The predicted molar refractivity (Wildman–Crippen MR) is 63.3 cm³/mol. The highest BCUT2D eigenvalue weighted by Crippen LogP contribution is 2.20. The van der Waals surface area contributed by atoms with Gasteiger partial charge < -0.3 is 9.73 Å². The summed E-state index contributed by atoms with van der Waals surface area (Å²) in [6, 6.07) is 7.96. The van der Waals surface area contributed by atoms with E-state index < -0.39 is 0 Å². The number of piperidine rings is 1. The van der Waals surface area contributed by atoms with E-state index in [-0.39, 0.29) is 0 Å². The SMILES string of the molecule is c1ccc2oc(C[C@@H]3CCCNC3)nc2c1. The number of nitrogens with one attached hydrogen (secondary N) is 1. The van der Waals surface area contributed by atoms with Crippen LogP contribution < -0.4 is 5.32 Å². The summed E-state index contributed by atoms with van der Waals surface area (Å²) in [6.07, 6.45) is 3.51. The molecular weight excluding hydrogens is 200 g/mol. The lowest BCUT2D eigenvalue weighted by atomic mass is 9.96. The summed E-state index contributed by atoms with van der Waals surface area (Å²) in [7, 11) is 0. The summed E-state index contributed by atoms with van der Waals surface area (Å²) in [6.45, 7) is 2.25. The maximum absolute atomic E-state index is 5.73. The molecule has 1 N–H and O–H groups in total. The highest BCUT2D eigenvalue weighted by Gasteiger charge is 2.16. The molecular formula is C13H16N2O. The standard InChI is InChI=1S/C13H16N2O/c1-2-6-12-11(5-1)15-13(16-12)8-10-4-3-7-14-9-10/h1-2,5-6,10,14H,3-4,7-9H2/t10-/m0/s1. The van der Waals surface area contributed by atoms with Crippen LogP contribution in [-0.4, -0.2) is 18.1 Å². The fourth-order valence-corrected chi connectivity index (χ4v) is 2.35. The maximum atomic E-state index is 5.73. The first-order chi connectivity index (χ1) is 7.92. The predicted octanol–water partition coefficient (Wildman–Crippen LogP) is 2.37. The van der Waals surface area contributed by atoms with Crippen molar-refractivity contribution in [3.63, 3.8) is 0 Å². The largest absolute Gasteiger partial charge is 0.441 e. The Labute approximate surface area is 94.9 Å². The lowest BCUT2D eigenvalue weighted by Crippen LogP contribution is -2.30. The van der Waals surface area contributed by atoms with Crippen LogP contribution in [0.4, 0.5) is 0 Å². The zero-order valence-electron chi connectivity index (χ0n) is 9.28. The normalized spacial score (nSPS) is 21.4. The van der Waals surface area contributed by atoms with Crippen molar-refractivity contribution in [3.05, 3.63) is 30.2 Å². The van der Waals surface area contributed by atoms with Crippen LogP contribution >= 0.6 is 0 Å². The Balaban J connectivity index is 1.78. The van der Waals surface area contributed by atoms with Crippen molar-refractivity contribution < 1.29 is 4.42 Å². The summed E-state index contributed by atoms with van der Waals surface area (Å²) in [5.74, 6) is 1.57. The van der Waals surface area contributed by atoms with E-state index in [1.165, 1.54) is 12.8 Å². The molecule has 1 atom stereocenters. The van der Waals surface area contributed by atoms with Gasteiger partial charge in [-0.05, 0) is 44.0 Å². The van der Waals surface area contributed by atoms with E-state index >= 15 is 0 Å². The number of fused-ring (bicyclic) bond motifs is 1. The second-order valence-corrected chi connectivity index (χ2v) is 4.49. The van der Waals surface area contributed by atoms with Gasteiger partial charge in [-0.3, -0.25) is 0 Å². The number of benzene rings is 1. The van der Waals surface area contributed by atoms with Gasteiger partial charge in [-0.25, -0.2) is 4.98 Å². The molecule has 3 nitrogen and oxygen atoms in total. The first-order valence-electron chi connectivity index (χ1n) is 5.97. The summed E-state index contributed by atoms with van der Waals surface area (Å²) in [5, 5.41) is 3.42. The van der Waals surface area contributed by atoms with E-state index in [1.807, 2.05) is 24.3 Å². The van der Waals surface area contributed by atoms with Crippen molar-refractivity contribution in [3.8, 4) is 0 Å². The Bertz CT molecular complexity index is 438. The van der Waals surface area contributed by atoms with E-state index in [1.54, 1.807) is 0 Å². The van der Waals surface area contributed by atoms with Crippen LogP contribution in [-0.2, 0) is 6.42 Å². The first kappa shape index (κ1) is 9.85. The molecule has 1 aliphatic rings. The van der Waals surface area contributed by atoms with Crippen LogP contribution in [0.25, 0.3) is 11.1 Å². The van der Waals surface area contributed by atoms with Gasteiger partial charge in [0.2, 0.25) is 0 Å². The number of hydrogen-bond donors (Lipinski definition) is 1. The monoisotopic (exact) mass is 216 g/mol. The van der Waals surface area contributed by atoms with Gasteiger partial charge in [0.1, 0.15) is 5.52 Å². The second-order valence-electron chi connectivity index (χ2n) is 4.49. The lowest BCUT2D eigenvalue weighted by molar-refractivity contribution is 0.349. The van der Waals surface area contributed by atoms with E-state index in [0.717, 1.165) is 36.5 Å². The third kappa shape index (κ3) is 1.95. The minimum atomic E-state index is 0.682. The van der Waals surface area contributed by atoms with Gasteiger partial charge in [0.25, 0.3) is 0 Å². The van der Waals surface area contributed by atoms with Crippen LogP contribution in [0.1, 0.15) is 18.7 Å². The first-order valence-corrected chi connectivity index (χ1v) is 5.97. The Morgan fingerprint density at radius 3 is 3.12 bits per heavy atom. The lowest BCUT2D eigenvalue weighted by Gasteiger charge is -2.21. The molecule has 0 amide bonds. The average Bonchev–Trinajstić information content (AvgIpc) is 2.72. The van der Waals surface area contributed by atoms with E-state index in [9.17, 15) is 0 Å². The molecule has 0 spiro atoms. The molecule has 2 aromatic rings. The van der Waals surface area contributed by atoms with Crippen molar-refractivity contribution >= 4 is 11.1 Å². The fraction of sp³-hybridized carbons (Fsp3) is 0.462. The highest BCUT2D eigenvalue weighted by atomic mass is 16.3. The number of hydrogen-bond acceptors (Lipinski definition) is 3. The molecule has 16 heavy (non-hydrogen) atoms. The van der Waals surface area contributed by atoms with Crippen LogP contribution in [0.15, 0.2) is 28.7 Å². The van der Waals surface area contributed by atoms with Crippen LogP contribution in [0, 0.1) is 5.92 Å². The number of nitrogens with zero attached hydrogens (tertiary/aromatic N) is 1.